The first-order chi connectivity index (χ1) is 16.1. The lowest BCUT2D eigenvalue weighted by Crippen LogP contribution is -2.16. The standard InChI is InChI=1S/C25H19N5O2S/c1-33(32)22-10-6-5-9-20(22)18-13-11-17(12-14-18)16-27-30-25-28-23(19-7-3-2-4-8-19)21(15-26)24(31)29-25/h2-14,16H,1H3,(H2,28,29,30,31). The molecule has 1 aromatic heterocycles. The topological polar surface area (TPSA) is 111 Å². The monoisotopic (exact) mass is 453 g/mol. The molecule has 2 N–H and O–H groups in total. The van der Waals surface area contributed by atoms with Gasteiger partial charge in [0, 0.05) is 16.7 Å². The molecule has 0 saturated heterocycles. The van der Waals surface area contributed by atoms with E-state index in [4.69, 9.17) is 0 Å². The molecule has 0 spiro atoms. The average molecular weight is 454 g/mol. The molecule has 8 heteroatoms. The molecule has 0 fully saturated rings. The van der Waals surface area contributed by atoms with Crippen molar-refractivity contribution >= 4 is 23.0 Å². The van der Waals surface area contributed by atoms with Crippen LogP contribution in [0.15, 0.2) is 93.7 Å². The van der Waals surface area contributed by atoms with Crippen LogP contribution in [0, 0.1) is 11.3 Å². The molecule has 0 radical (unpaired) electrons. The summed E-state index contributed by atoms with van der Waals surface area (Å²) in [5.41, 5.74) is 5.77. The van der Waals surface area contributed by atoms with Gasteiger partial charge in [0.15, 0.2) is 0 Å². The fourth-order valence-electron chi connectivity index (χ4n) is 3.31. The second-order valence-electron chi connectivity index (χ2n) is 7.06. The molecule has 0 amide bonds. The summed E-state index contributed by atoms with van der Waals surface area (Å²) in [4.78, 5) is 20.0. The van der Waals surface area contributed by atoms with E-state index < -0.39 is 16.4 Å². The van der Waals surface area contributed by atoms with Gasteiger partial charge in [0.25, 0.3) is 5.56 Å². The van der Waals surface area contributed by atoms with Crippen LogP contribution in [0.1, 0.15) is 11.1 Å². The van der Waals surface area contributed by atoms with Crippen LogP contribution in [0.25, 0.3) is 22.4 Å². The van der Waals surface area contributed by atoms with Crippen molar-refractivity contribution in [2.24, 2.45) is 5.10 Å². The Morgan fingerprint density at radius 2 is 1.70 bits per heavy atom. The van der Waals surface area contributed by atoms with Crippen molar-refractivity contribution in [1.29, 1.82) is 5.26 Å². The second kappa shape index (κ2) is 9.85. The van der Waals surface area contributed by atoms with Crippen molar-refractivity contribution in [3.8, 4) is 28.5 Å². The minimum absolute atomic E-state index is 0.0559. The fourth-order valence-corrected chi connectivity index (χ4v) is 4.07. The van der Waals surface area contributed by atoms with Gasteiger partial charge in [-0.15, -0.1) is 0 Å². The lowest BCUT2D eigenvalue weighted by atomic mass is 10.0. The molecule has 33 heavy (non-hydrogen) atoms. The van der Waals surface area contributed by atoms with Crippen molar-refractivity contribution in [3.05, 3.63) is 100 Å². The summed E-state index contributed by atoms with van der Waals surface area (Å²) < 4.78 is 12.0. The van der Waals surface area contributed by atoms with Gasteiger partial charge in [0.1, 0.15) is 11.6 Å². The van der Waals surface area contributed by atoms with Gasteiger partial charge in [-0.2, -0.15) is 10.4 Å². The maximum absolute atomic E-state index is 12.3. The first-order valence-electron chi connectivity index (χ1n) is 9.98. The third-order valence-electron chi connectivity index (χ3n) is 4.88. The fraction of sp³-hybridized carbons (Fsp3) is 0.0400. The second-order valence-corrected chi connectivity index (χ2v) is 8.41. The Morgan fingerprint density at radius 1 is 1.00 bits per heavy atom. The highest BCUT2D eigenvalue weighted by atomic mass is 32.2. The van der Waals surface area contributed by atoms with Crippen molar-refractivity contribution in [3.63, 3.8) is 0 Å². The van der Waals surface area contributed by atoms with E-state index in [1.165, 1.54) is 0 Å². The van der Waals surface area contributed by atoms with Gasteiger partial charge in [-0.05, 0) is 22.8 Å². The highest BCUT2D eigenvalue weighted by molar-refractivity contribution is 7.84. The number of aromatic nitrogens is 2. The molecule has 162 valence electrons. The Balaban J connectivity index is 1.55. The van der Waals surface area contributed by atoms with Gasteiger partial charge < -0.3 is 0 Å². The van der Waals surface area contributed by atoms with Crippen LogP contribution in [0.5, 0.6) is 0 Å². The Morgan fingerprint density at radius 3 is 2.39 bits per heavy atom. The van der Waals surface area contributed by atoms with E-state index in [0.717, 1.165) is 21.6 Å². The average Bonchev–Trinajstić information content (AvgIpc) is 2.84. The maximum Gasteiger partial charge on any atom is 0.270 e. The number of nitriles is 1. The van der Waals surface area contributed by atoms with Crippen LogP contribution in [0.2, 0.25) is 0 Å². The lowest BCUT2D eigenvalue weighted by Gasteiger charge is -2.07. The van der Waals surface area contributed by atoms with Crippen molar-refractivity contribution < 1.29 is 4.21 Å². The highest BCUT2D eigenvalue weighted by Crippen LogP contribution is 2.26. The number of nitrogens with zero attached hydrogens (tertiary/aromatic N) is 3. The van der Waals surface area contributed by atoms with Gasteiger partial charge in [-0.25, -0.2) is 10.4 Å². The van der Waals surface area contributed by atoms with E-state index in [0.29, 0.717) is 5.56 Å². The quantitative estimate of drug-likeness (QED) is 0.336. The predicted octanol–water partition coefficient (Wildman–Crippen LogP) is 4.16. The summed E-state index contributed by atoms with van der Waals surface area (Å²) in [6.07, 6.45) is 3.25. The first kappa shape index (κ1) is 21.9. The zero-order valence-electron chi connectivity index (χ0n) is 17.6. The summed E-state index contributed by atoms with van der Waals surface area (Å²) in [7, 11) is -1.09. The molecule has 0 bridgehead atoms. The number of hydrogen-bond acceptors (Lipinski definition) is 6. The summed E-state index contributed by atoms with van der Waals surface area (Å²) in [5, 5.41) is 13.5. The number of benzene rings is 3. The molecule has 1 heterocycles. The van der Waals surface area contributed by atoms with Crippen molar-refractivity contribution in [2.45, 2.75) is 4.90 Å². The molecule has 0 aliphatic rings. The highest BCUT2D eigenvalue weighted by Gasteiger charge is 2.13. The zero-order chi connectivity index (χ0) is 23.2. The smallest absolute Gasteiger partial charge is 0.270 e. The number of hydrazone groups is 1. The number of nitrogens with one attached hydrogen (secondary N) is 2. The van der Waals surface area contributed by atoms with E-state index in [-0.39, 0.29) is 17.2 Å². The molecular weight excluding hydrogens is 434 g/mol. The predicted molar refractivity (Wildman–Crippen MR) is 130 cm³/mol. The maximum atomic E-state index is 12.3. The summed E-state index contributed by atoms with van der Waals surface area (Å²) in [6.45, 7) is 0. The van der Waals surface area contributed by atoms with E-state index in [2.05, 4.69) is 20.5 Å². The Bertz CT molecular complexity index is 1440. The summed E-state index contributed by atoms with van der Waals surface area (Å²) in [6, 6.07) is 26.2. The van der Waals surface area contributed by atoms with Gasteiger partial charge in [-0.1, -0.05) is 72.8 Å². The Hall–Kier alpha value is -4.35. The normalized spacial score (nSPS) is 11.8. The molecule has 4 rings (SSSR count). The molecule has 0 aliphatic heterocycles. The Labute approximate surface area is 192 Å². The number of aromatic amines is 1. The first-order valence-corrected chi connectivity index (χ1v) is 11.5. The van der Waals surface area contributed by atoms with Crippen molar-refractivity contribution in [2.75, 3.05) is 11.7 Å². The lowest BCUT2D eigenvalue weighted by molar-refractivity contribution is 0.687. The zero-order valence-corrected chi connectivity index (χ0v) is 18.5. The van der Waals surface area contributed by atoms with Crippen LogP contribution >= 0.6 is 0 Å². The molecule has 0 aliphatic carbocycles. The van der Waals surface area contributed by atoms with Gasteiger partial charge in [-0.3, -0.25) is 14.0 Å². The van der Waals surface area contributed by atoms with Crippen LogP contribution in [-0.4, -0.2) is 26.6 Å². The molecule has 1 atom stereocenters. The minimum atomic E-state index is -1.09. The van der Waals surface area contributed by atoms with Gasteiger partial charge in [0.05, 0.1) is 22.7 Å². The summed E-state index contributed by atoms with van der Waals surface area (Å²) in [5.74, 6) is 0.130. The number of H-pyrrole nitrogens is 1. The third kappa shape index (κ3) is 4.95. The minimum Gasteiger partial charge on any atom is -0.290 e. The van der Waals surface area contributed by atoms with Crippen LogP contribution in [0.4, 0.5) is 5.95 Å². The van der Waals surface area contributed by atoms with Crippen LogP contribution < -0.4 is 11.0 Å². The molecule has 0 saturated carbocycles. The number of rotatable bonds is 6. The third-order valence-corrected chi connectivity index (χ3v) is 5.86. The van der Waals surface area contributed by atoms with Gasteiger partial charge in [0.2, 0.25) is 5.95 Å². The van der Waals surface area contributed by atoms with Gasteiger partial charge >= 0.3 is 0 Å². The molecular formula is C25H19N5O2S. The number of anilines is 1. The summed E-state index contributed by atoms with van der Waals surface area (Å²) >= 11 is 0. The Kier molecular flexibility index (Phi) is 6.53. The number of hydrogen-bond donors (Lipinski definition) is 2. The molecule has 7 nitrogen and oxygen atoms in total. The van der Waals surface area contributed by atoms with Crippen molar-refractivity contribution in [1.82, 2.24) is 9.97 Å². The van der Waals surface area contributed by atoms with E-state index in [1.807, 2.05) is 72.8 Å². The SMILES string of the molecule is CS(=O)c1ccccc1-c1ccc(C=NNc2nc(-c3ccccc3)c(C#N)c(=O)[nH]2)cc1. The van der Waals surface area contributed by atoms with Crippen LogP contribution in [-0.2, 0) is 10.8 Å². The van der Waals surface area contributed by atoms with E-state index in [9.17, 15) is 14.3 Å². The molecule has 4 aromatic rings. The van der Waals surface area contributed by atoms with E-state index in [1.54, 1.807) is 24.6 Å². The van der Waals surface area contributed by atoms with E-state index >= 15 is 0 Å². The van der Waals surface area contributed by atoms with Crippen LogP contribution in [0.3, 0.4) is 0 Å². The molecule has 3 aromatic carbocycles. The molecule has 1 unspecified atom stereocenters. The largest absolute Gasteiger partial charge is 0.290 e.